The van der Waals surface area contributed by atoms with E-state index in [1.165, 1.54) is 11.1 Å². The average molecular weight is 313 g/mol. The molecule has 4 atom stereocenters. The molecule has 1 unspecified atom stereocenters. The summed E-state index contributed by atoms with van der Waals surface area (Å²) in [5.74, 6) is 1.40. The third-order valence-electron chi connectivity index (χ3n) is 6.70. The first-order valence-corrected chi connectivity index (χ1v) is 9.08. The molecule has 0 saturated carbocycles. The standard InChI is InChI=1S/C20H27NO2/c1-14-16-12-15-6-3-4-7-17(15)20(14,2)9-10-21(13-16)19(22)18-8-5-11-23-18/h3-4,6-7,14,16,18H,5,8-13H2,1-2H3/t14-,16-,18?,20+/m1/s1. The molecule has 2 fully saturated rings. The van der Waals surface area contributed by atoms with Gasteiger partial charge in [-0.15, -0.1) is 0 Å². The lowest BCUT2D eigenvalue weighted by Crippen LogP contribution is -2.43. The molecule has 0 aromatic heterocycles. The molecule has 3 heteroatoms. The molecule has 1 aliphatic carbocycles. The predicted octanol–water partition coefficient (Wildman–Crippen LogP) is 3.16. The number of fused-ring (bicyclic) bond motifs is 4. The first-order valence-electron chi connectivity index (χ1n) is 9.08. The van der Waals surface area contributed by atoms with Crippen LogP contribution in [0, 0.1) is 11.8 Å². The van der Waals surface area contributed by atoms with Crippen LogP contribution in [-0.4, -0.2) is 36.6 Å². The van der Waals surface area contributed by atoms with Crippen LogP contribution in [-0.2, 0) is 21.4 Å². The maximum absolute atomic E-state index is 12.8. The van der Waals surface area contributed by atoms with Gasteiger partial charge in [-0.2, -0.15) is 0 Å². The molecule has 1 amide bonds. The number of likely N-dealkylation sites (tertiary alicyclic amines) is 1. The van der Waals surface area contributed by atoms with Gasteiger partial charge >= 0.3 is 0 Å². The van der Waals surface area contributed by atoms with Crippen molar-refractivity contribution in [3.8, 4) is 0 Å². The quantitative estimate of drug-likeness (QED) is 0.797. The van der Waals surface area contributed by atoms with E-state index in [1.54, 1.807) is 0 Å². The lowest BCUT2D eigenvalue weighted by atomic mass is 9.60. The fourth-order valence-electron chi connectivity index (χ4n) is 4.98. The summed E-state index contributed by atoms with van der Waals surface area (Å²) in [4.78, 5) is 14.9. The molecule has 1 aromatic rings. The number of nitrogens with zero attached hydrogens (tertiary/aromatic N) is 1. The van der Waals surface area contributed by atoms with Gasteiger partial charge in [-0.25, -0.2) is 0 Å². The molecule has 0 spiro atoms. The van der Waals surface area contributed by atoms with Crippen molar-refractivity contribution in [1.29, 1.82) is 0 Å². The summed E-state index contributed by atoms with van der Waals surface area (Å²) in [6.45, 7) is 7.30. The molecule has 4 rings (SSSR count). The van der Waals surface area contributed by atoms with Gasteiger partial charge in [-0.1, -0.05) is 38.1 Å². The van der Waals surface area contributed by atoms with Crippen molar-refractivity contribution in [2.24, 2.45) is 11.8 Å². The largest absolute Gasteiger partial charge is 0.368 e. The SMILES string of the molecule is C[C@@H]1[C@@H]2Cc3ccccc3[C@@]1(C)CCN(C(=O)C1CCCO1)C2. The number of benzene rings is 1. The molecular weight excluding hydrogens is 286 g/mol. The molecule has 124 valence electrons. The number of hydrogen-bond acceptors (Lipinski definition) is 2. The average Bonchev–Trinajstić information content (AvgIpc) is 3.07. The molecular formula is C20H27NO2. The van der Waals surface area contributed by atoms with E-state index in [9.17, 15) is 4.79 Å². The van der Waals surface area contributed by atoms with E-state index in [0.29, 0.717) is 11.8 Å². The fourth-order valence-corrected chi connectivity index (χ4v) is 4.98. The molecule has 0 N–H and O–H groups in total. The first-order chi connectivity index (χ1) is 11.1. The zero-order valence-electron chi connectivity index (χ0n) is 14.3. The van der Waals surface area contributed by atoms with E-state index in [0.717, 1.165) is 45.4 Å². The number of hydrogen-bond donors (Lipinski definition) is 0. The van der Waals surface area contributed by atoms with Gasteiger partial charge in [0.25, 0.3) is 5.91 Å². The van der Waals surface area contributed by atoms with Crippen LogP contribution in [0.2, 0.25) is 0 Å². The van der Waals surface area contributed by atoms with Crippen LogP contribution in [0.1, 0.15) is 44.2 Å². The van der Waals surface area contributed by atoms with Gasteiger partial charge < -0.3 is 9.64 Å². The Hall–Kier alpha value is -1.35. The van der Waals surface area contributed by atoms with Gasteiger partial charge in [0.2, 0.25) is 0 Å². The summed E-state index contributed by atoms with van der Waals surface area (Å²) in [5, 5.41) is 0. The lowest BCUT2D eigenvalue weighted by Gasteiger charge is -2.44. The minimum Gasteiger partial charge on any atom is -0.368 e. The highest BCUT2D eigenvalue weighted by atomic mass is 16.5. The summed E-state index contributed by atoms with van der Waals surface area (Å²) < 4.78 is 5.64. The Balaban J connectivity index is 1.63. The molecule has 2 aliphatic heterocycles. The van der Waals surface area contributed by atoms with E-state index < -0.39 is 0 Å². The molecule has 3 nitrogen and oxygen atoms in total. The third-order valence-corrected chi connectivity index (χ3v) is 6.70. The minimum absolute atomic E-state index is 0.182. The lowest BCUT2D eigenvalue weighted by molar-refractivity contribution is -0.141. The monoisotopic (exact) mass is 313 g/mol. The van der Waals surface area contributed by atoms with Gasteiger partial charge in [0.05, 0.1) is 0 Å². The summed E-state index contributed by atoms with van der Waals surface area (Å²) in [7, 11) is 0. The highest BCUT2D eigenvalue weighted by Gasteiger charge is 2.46. The van der Waals surface area contributed by atoms with Crippen LogP contribution in [0.3, 0.4) is 0 Å². The molecule has 2 bridgehead atoms. The van der Waals surface area contributed by atoms with Crippen molar-refractivity contribution in [3.05, 3.63) is 35.4 Å². The zero-order chi connectivity index (χ0) is 16.0. The van der Waals surface area contributed by atoms with E-state index in [2.05, 4.69) is 43.0 Å². The minimum atomic E-state index is -0.182. The normalized spacial score (nSPS) is 36.4. The highest BCUT2D eigenvalue weighted by Crippen LogP contribution is 2.48. The van der Waals surface area contributed by atoms with Crippen molar-refractivity contribution >= 4 is 5.91 Å². The number of carbonyl (C=O) groups is 1. The molecule has 2 heterocycles. The van der Waals surface area contributed by atoms with Crippen LogP contribution in [0.15, 0.2) is 24.3 Å². The fraction of sp³-hybridized carbons (Fsp3) is 0.650. The predicted molar refractivity (Wildman–Crippen MR) is 90.3 cm³/mol. The van der Waals surface area contributed by atoms with Crippen molar-refractivity contribution in [2.75, 3.05) is 19.7 Å². The Morgan fingerprint density at radius 3 is 2.96 bits per heavy atom. The Morgan fingerprint density at radius 2 is 2.17 bits per heavy atom. The van der Waals surface area contributed by atoms with Crippen molar-refractivity contribution < 1.29 is 9.53 Å². The Morgan fingerprint density at radius 1 is 1.35 bits per heavy atom. The second-order valence-electron chi connectivity index (χ2n) is 7.86. The van der Waals surface area contributed by atoms with Gasteiger partial charge in [0.15, 0.2) is 0 Å². The van der Waals surface area contributed by atoms with Crippen LogP contribution >= 0.6 is 0 Å². The maximum atomic E-state index is 12.8. The highest BCUT2D eigenvalue weighted by molar-refractivity contribution is 5.81. The summed E-state index contributed by atoms with van der Waals surface area (Å²) in [5.41, 5.74) is 3.19. The van der Waals surface area contributed by atoms with Crippen molar-refractivity contribution in [1.82, 2.24) is 4.90 Å². The second kappa shape index (κ2) is 5.62. The van der Waals surface area contributed by atoms with Gasteiger partial charge in [0, 0.05) is 19.7 Å². The van der Waals surface area contributed by atoms with Crippen molar-refractivity contribution in [2.45, 2.75) is 51.0 Å². The van der Waals surface area contributed by atoms with Gasteiger partial charge in [-0.3, -0.25) is 4.79 Å². The Labute approximate surface area is 139 Å². The number of amides is 1. The summed E-state index contributed by atoms with van der Waals surface area (Å²) in [6, 6.07) is 8.90. The first kappa shape index (κ1) is 15.2. The van der Waals surface area contributed by atoms with E-state index in [1.807, 2.05) is 0 Å². The topological polar surface area (TPSA) is 29.5 Å². The Kier molecular flexibility index (Phi) is 3.72. The molecule has 23 heavy (non-hydrogen) atoms. The van der Waals surface area contributed by atoms with Gasteiger partial charge in [0.1, 0.15) is 6.10 Å². The van der Waals surface area contributed by atoms with Crippen LogP contribution in [0.4, 0.5) is 0 Å². The van der Waals surface area contributed by atoms with Crippen molar-refractivity contribution in [3.63, 3.8) is 0 Å². The van der Waals surface area contributed by atoms with Crippen LogP contribution < -0.4 is 0 Å². The molecule has 2 saturated heterocycles. The maximum Gasteiger partial charge on any atom is 0.251 e. The number of ether oxygens (including phenoxy) is 1. The molecule has 3 aliphatic rings. The number of carbonyl (C=O) groups excluding carboxylic acids is 1. The zero-order valence-corrected chi connectivity index (χ0v) is 14.3. The second-order valence-corrected chi connectivity index (χ2v) is 7.86. The molecule has 0 radical (unpaired) electrons. The van der Waals surface area contributed by atoms with E-state index in [-0.39, 0.29) is 17.4 Å². The van der Waals surface area contributed by atoms with Gasteiger partial charge in [-0.05, 0) is 54.1 Å². The van der Waals surface area contributed by atoms with Crippen LogP contribution in [0.5, 0.6) is 0 Å². The van der Waals surface area contributed by atoms with E-state index in [4.69, 9.17) is 4.74 Å². The van der Waals surface area contributed by atoms with E-state index >= 15 is 0 Å². The smallest absolute Gasteiger partial charge is 0.251 e. The Bertz CT molecular complexity index is 607. The number of rotatable bonds is 1. The summed E-state index contributed by atoms with van der Waals surface area (Å²) >= 11 is 0. The third kappa shape index (κ3) is 2.40. The van der Waals surface area contributed by atoms with Crippen LogP contribution in [0.25, 0.3) is 0 Å². The summed E-state index contributed by atoms with van der Waals surface area (Å²) in [6.07, 6.45) is 3.89. The molecule has 1 aromatic carbocycles.